The first-order valence-corrected chi connectivity index (χ1v) is 30.2. The molecule has 0 atom stereocenters. The molecular weight excluding hydrogens is 966 g/mol. The minimum absolute atomic E-state index is 0.00386. The molecule has 406 valence electrons. The van der Waals surface area contributed by atoms with Crippen LogP contribution in [0.5, 0.6) is 0 Å². The van der Waals surface area contributed by atoms with Crippen LogP contribution in [0, 0.1) is 6.92 Å². The Morgan fingerprint density at radius 1 is 0.362 bits per heavy atom. The quantitative estimate of drug-likeness (QED) is 0.147. The molecule has 80 heavy (non-hydrogen) atoms. The maximum Gasteiger partial charge on any atom is 0.252 e. The summed E-state index contributed by atoms with van der Waals surface area (Å²) in [5.74, 6) is 0. The highest BCUT2D eigenvalue weighted by atomic mass is 15.2. The standard InChI is InChI=1S/C76H84BN3/c1-49-41-57-60(74(10,11)39-37-71(57,4)5)47-65(49)80-66-48-61-59(73(8,9)38-40-75(61,12)13)46-63(66)77-62-42-51(76(14,15)50-25-19-16-20-26-50)31-34-64(62)79(54-32-33-56-58(43-54)72(6,7)36-35-70(56,2)3)67-44-55(45-68(80)69(67)77)78(52-27-21-17-22-28-52)53-29-23-18-24-30-53/h16-34,41-48H,35-40H2,1-15H3. The lowest BCUT2D eigenvalue weighted by molar-refractivity contribution is 0.331. The molecule has 0 saturated carbocycles. The third kappa shape index (κ3) is 8.10. The zero-order chi connectivity index (χ0) is 56.3. The van der Waals surface area contributed by atoms with E-state index in [0.29, 0.717) is 0 Å². The van der Waals surface area contributed by atoms with E-state index in [-0.39, 0.29) is 44.6 Å². The monoisotopic (exact) mass is 1050 g/mol. The lowest BCUT2D eigenvalue weighted by Crippen LogP contribution is -2.62. The fourth-order valence-electron chi connectivity index (χ4n) is 15.4. The van der Waals surface area contributed by atoms with Crippen LogP contribution in [-0.4, -0.2) is 6.71 Å². The molecule has 0 unspecified atom stereocenters. The van der Waals surface area contributed by atoms with E-state index < -0.39 is 0 Å². The maximum atomic E-state index is 2.77. The van der Waals surface area contributed by atoms with Crippen molar-refractivity contribution in [2.24, 2.45) is 0 Å². The van der Waals surface area contributed by atoms with Crippen molar-refractivity contribution in [3.63, 3.8) is 0 Å². The third-order valence-corrected chi connectivity index (χ3v) is 21.0. The number of benzene rings is 8. The summed E-state index contributed by atoms with van der Waals surface area (Å²) in [6.07, 6.45) is 6.96. The Balaban J connectivity index is 1.20. The topological polar surface area (TPSA) is 9.72 Å². The molecule has 0 bridgehead atoms. The van der Waals surface area contributed by atoms with Gasteiger partial charge in [-0.05, 0) is 211 Å². The molecule has 4 heteroatoms. The van der Waals surface area contributed by atoms with Crippen LogP contribution in [0.25, 0.3) is 0 Å². The molecule has 0 N–H and O–H groups in total. The number of fused-ring (bicyclic) bond motifs is 7. The van der Waals surface area contributed by atoms with Crippen molar-refractivity contribution in [1.29, 1.82) is 0 Å². The molecule has 0 radical (unpaired) electrons. The highest BCUT2D eigenvalue weighted by Crippen LogP contribution is 2.56. The molecule has 5 aliphatic rings. The van der Waals surface area contributed by atoms with Gasteiger partial charge >= 0.3 is 0 Å². The molecule has 2 heterocycles. The van der Waals surface area contributed by atoms with Gasteiger partial charge in [-0.2, -0.15) is 0 Å². The zero-order valence-electron chi connectivity index (χ0n) is 50.8. The highest BCUT2D eigenvalue weighted by molar-refractivity contribution is 7.00. The number of nitrogens with zero attached hydrogens (tertiary/aromatic N) is 3. The minimum Gasteiger partial charge on any atom is -0.311 e. The van der Waals surface area contributed by atoms with Crippen molar-refractivity contribution in [3.8, 4) is 0 Å². The first-order chi connectivity index (χ1) is 37.8. The van der Waals surface area contributed by atoms with Crippen LogP contribution in [0.1, 0.15) is 186 Å². The molecular formula is C76H84BN3. The average Bonchev–Trinajstić information content (AvgIpc) is 1.36. The summed E-state index contributed by atoms with van der Waals surface area (Å²) in [4.78, 5) is 7.97. The highest BCUT2D eigenvalue weighted by Gasteiger charge is 2.49. The lowest BCUT2D eigenvalue weighted by Gasteiger charge is -2.49. The van der Waals surface area contributed by atoms with Gasteiger partial charge in [0.15, 0.2) is 0 Å². The summed E-state index contributed by atoms with van der Waals surface area (Å²) in [7, 11) is 0. The third-order valence-electron chi connectivity index (χ3n) is 21.0. The number of rotatable bonds is 7. The van der Waals surface area contributed by atoms with Crippen LogP contribution in [0.3, 0.4) is 0 Å². The summed E-state index contributed by atoms with van der Waals surface area (Å²) in [6.45, 7) is 37.0. The molecule has 0 spiro atoms. The Morgan fingerprint density at radius 3 is 1.34 bits per heavy atom. The number of anilines is 9. The van der Waals surface area contributed by atoms with Crippen molar-refractivity contribution in [2.75, 3.05) is 14.7 Å². The van der Waals surface area contributed by atoms with Gasteiger partial charge in [0.2, 0.25) is 0 Å². The summed E-state index contributed by atoms with van der Waals surface area (Å²) in [6, 6.07) is 64.3. The molecule has 0 amide bonds. The van der Waals surface area contributed by atoms with E-state index in [2.05, 4.69) is 282 Å². The molecule has 3 nitrogen and oxygen atoms in total. The molecule has 8 aromatic carbocycles. The fraction of sp³-hybridized carbons (Fsp3) is 0.368. The summed E-state index contributed by atoms with van der Waals surface area (Å²) >= 11 is 0. The van der Waals surface area contributed by atoms with E-state index in [1.807, 2.05) is 0 Å². The Kier molecular flexibility index (Phi) is 11.7. The van der Waals surface area contributed by atoms with Crippen molar-refractivity contribution in [1.82, 2.24) is 0 Å². The van der Waals surface area contributed by atoms with E-state index in [9.17, 15) is 0 Å². The minimum atomic E-state index is -0.256. The predicted octanol–water partition coefficient (Wildman–Crippen LogP) is 18.9. The molecule has 0 fully saturated rings. The molecule has 13 rings (SSSR count). The van der Waals surface area contributed by atoms with Gasteiger partial charge in [0.05, 0.1) is 5.69 Å². The SMILES string of the molecule is Cc1cc2c(cc1N1c3cc4c(cc3B3c5cc(C(C)(C)c6ccccc6)ccc5N(c5ccc6c(c5)C(C)(C)CCC6(C)C)c5cc(N(c6ccccc6)c6ccccc6)cc1c53)C(C)(C)CCC4(C)C)C(C)(C)CCC2(C)C. The molecule has 0 aromatic heterocycles. The lowest BCUT2D eigenvalue weighted by atomic mass is 9.33. The van der Waals surface area contributed by atoms with E-state index in [1.54, 1.807) is 0 Å². The predicted molar refractivity (Wildman–Crippen MR) is 344 cm³/mol. The van der Waals surface area contributed by atoms with Crippen LogP contribution in [0.15, 0.2) is 164 Å². The van der Waals surface area contributed by atoms with Gasteiger partial charge in [0.25, 0.3) is 6.71 Å². The van der Waals surface area contributed by atoms with Crippen molar-refractivity contribution < 1.29 is 0 Å². The van der Waals surface area contributed by atoms with E-state index in [1.165, 1.54) is 113 Å². The van der Waals surface area contributed by atoms with E-state index in [0.717, 1.165) is 42.7 Å². The van der Waals surface area contributed by atoms with Crippen LogP contribution in [0.4, 0.5) is 51.2 Å². The van der Waals surface area contributed by atoms with Gasteiger partial charge in [-0.15, -0.1) is 0 Å². The van der Waals surface area contributed by atoms with E-state index in [4.69, 9.17) is 0 Å². The number of aryl methyl sites for hydroxylation is 1. The average molecular weight is 1050 g/mol. The summed E-state index contributed by atoms with van der Waals surface area (Å²) < 4.78 is 0. The molecule has 8 aromatic rings. The number of hydrogen-bond acceptors (Lipinski definition) is 3. The Morgan fingerprint density at radius 2 is 0.800 bits per heavy atom. The molecule has 0 saturated heterocycles. The summed E-state index contributed by atoms with van der Waals surface area (Å²) in [5, 5.41) is 0. The first kappa shape index (κ1) is 52.6. The second-order valence-electron chi connectivity index (χ2n) is 29.4. The fourth-order valence-corrected chi connectivity index (χ4v) is 15.4. The van der Waals surface area contributed by atoms with Crippen molar-refractivity contribution >= 4 is 74.3 Å². The Bertz CT molecular complexity index is 3740. The maximum absolute atomic E-state index is 2.77. The van der Waals surface area contributed by atoms with Crippen molar-refractivity contribution in [2.45, 2.75) is 180 Å². The van der Waals surface area contributed by atoms with Gasteiger partial charge in [-0.25, -0.2) is 0 Å². The van der Waals surface area contributed by atoms with Crippen LogP contribution < -0.4 is 31.1 Å². The smallest absolute Gasteiger partial charge is 0.252 e. The van der Waals surface area contributed by atoms with Gasteiger partial charge in [-0.1, -0.05) is 194 Å². The molecule has 2 aliphatic heterocycles. The number of para-hydroxylation sites is 2. The van der Waals surface area contributed by atoms with Gasteiger partial charge in [0.1, 0.15) is 0 Å². The zero-order valence-corrected chi connectivity index (χ0v) is 50.8. The van der Waals surface area contributed by atoms with Crippen LogP contribution in [-0.2, 0) is 37.9 Å². The van der Waals surface area contributed by atoms with E-state index >= 15 is 0 Å². The molecule has 3 aliphatic carbocycles. The largest absolute Gasteiger partial charge is 0.311 e. The van der Waals surface area contributed by atoms with Crippen molar-refractivity contribution in [3.05, 3.63) is 214 Å². The number of hydrogen-bond donors (Lipinski definition) is 0. The second-order valence-corrected chi connectivity index (χ2v) is 29.4. The van der Waals surface area contributed by atoms with Crippen LogP contribution >= 0.6 is 0 Å². The second kappa shape index (κ2) is 17.9. The van der Waals surface area contributed by atoms with Gasteiger partial charge in [0, 0.05) is 50.9 Å². The summed E-state index contributed by atoms with van der Waals surface area (Å²) in [5.41, 5.74) is 27.9. The Hall–Kier alpha value is -6.78. The first-order valence-electron chi connectivity index (χ1n) is 30.2. The Labute approximate surface area is 480 Å². The van der Waals surface area contributed by atoms with Gasteiger partial charge < -0.3 is 14.7 Å². The van der Waals surface area contributed by atoms with Gasteiger partial charge in [-0.3, -0.25) is 0 Å². The van der Waals surface area contributed by atoms with Crippen LogP contribution in [0.2, 0.25) is 0 Å². The normalized spacial score (nSPS) is 19.2.